The summed E-state index contributed by atoms with van der Waals surface area (Å²) in [4.78, 5) is 0. The highest BCUT2D eigenvalue weighted by molar-refractivity contribution is 5.49. The van der Waals surface area contributed by atoms with Gasteiger partial charge in [0.2, 0.25) is 0 Å². The molecule has 116 valence electrons. The second-order valence-corrected chi connectivity index (χ2v) is 5.96. The number of hydrogen-bond acceptors (Lipinski definition) is 3. The van der Waals surface area contributed by atoms with Gasteiger partial charge in [0.25, 0.3) is 5.92 Å². The summed E-state index contributed by atoms with van der Waals surface area (Å²) < 4.78 is 38.8. The van der Waals surface area contributed by atoms with Crippen molar-refractivity contribution in [3.05, 3.63) is 23.3 Å². The van der Waals surface area contributed by atoms with Crippen molar-refractivity contribution in [3.63, 3.8) is 0 Å². The fourth-order valence-corrected chi connectivity index (χ4v) is 3.12. The van der Waals surface area contributed by atoms with Crippen molar-refractivity contribution in [1.82, 2.24) is 5.32 Å². The Kier molecular flexibility index (Phi) is 4.02. The van der Waals surface area contributed by atoms with E-state index in [1.807, 2.05) is 0 Å². The first kappa shape index (κ1) is 14.6. The number of hydrogen-bond donors (Lipinski definition) is 1. The number of alkyl halides is 2. The lowest BCUT2D eigenvalue weighted by Gasteiger charge is -2.27. The van der Waals surface area contributed by atoms with Crippen molar-refractivity contribution >= 4 is 0 Å². The van der Waals surface area contributed by atoms with E-state index in [1.165, 1.54) is 6.07 Å². The highest BCUT2D eigenvalue weighted by Crippen LogP contribution is 2.40. The van der Waals surface area contributed by atoms with Crippen molar-refractivity contribution < 1.29 is 18.3 Å². The van der Waals surface area contributed by atoms with E-state index >= 15 is 0 Å². The molecule has 0 spiro atoms. The molecule has 0 radical (unpaired) electrons. The number of rotatable bonds is 3. The van der Waals surface area contributed by atoms with Crippen molar-refractivity contribution in [2.45, 2.75) is 32.1 Å². The Labute approximate surface area is 123 Å². The zero-order valence-corrected chi connectivity index (χ0v) is 12.3. The Morgan fingerprint density at radius 2 is 1.95 bits per heavy atom. The van der Waals surface area contributed by atoms with Crippen LogP contribution in [0, 0.1) is 5.92 Å². The van der Waals surface area contributed by atoms with Crippen LogP contribution in [0.4, 0.5) is 8.78 Å². The third-order valence-electron chi connectivity index (χ3n) is 4.15. The summed E-state index contributed by atoms with van der Waals surface area (Å²) in [6, 6.07) is 3.20. The molecule has 2 aliphatic rings. The lowest BCUT2D eigenvalue weighted by Crippen LogP contribution is -2.31. The van der Waals surface area contributed by atoms with Crippen LogP contribution in [0.1, 0.15) is 30.9 Å². The van der Waals surface area contributed by atoms with Gasteiger partial charge in [-0.15, -0.1) is 0 Å². The zero-order chi connectivity index (χ0) is 14.9. The van der Waals surface area contributed by atoms with Crippen LogP contribution in [0.2, 0.25) is 0 Å². The van der Waals surface area contributed by atoms with E-state index in [0.29, 0.717) is 42.6 Å². The molecule has 5 heteroatoms. The maximum absolute atomic E-state index is 13.9. The van der Waals surface area contributed by atoms with Gasteiger partial charge in [-0.25, -0.2) is 8.78 Å². The quantitative estimate of drug-likeness (QED) is 0.930. The Bertz CT molecular complexity index is 508. The van der Waals surface area contributed by atoms with E-state index in [-0.39, 0.29) is 5.56 Å². The molecule has 0 saturated carbocycles. The van der Waals surface area contributed by atoms with E-state index in [4.69, 9.17) is 9.47 Å². The van der Waals surface area contributed by atoms with Crippen LogP contribution in [0.5, 0.6) is 11.5 Å². The maximum atomic E-state index is 13.9. The van der Waals surface area contributed by atoms with Crippen molar-refractivity contribution in [3.8, 4) is 11.5 Å². The number of piperidine rings is 1. The molecule has 2 heterocycles. The summed E-state index contributed by atoms with van der Waals surface area (Å²) in [6.45, 7) is 3.74. The predicted molar refractivity (Wildman–Crippen MR) is 76.3 cm³/mol. The fraction of sp³-hybridized carbons (Fsp3) is 0.625. The van der Waals surface area contributed by atoms with Gasteiger partial charge in [0, 0.05) is 12.5 Å². The molecule has 0 aromatic heterocycles. The molecule has 1 saturated heterocycles. The molecular formula is C16H21F2NO2. The minimum Gasteiger partial charge on any atom is -0.486 e. The smallest absolute Gasteiger partial charge is 0.270 e. The molecule has 0 amide bonds. The average Bonchev–Trinajstić information content (AvgIpc) is 2.46. The van der Waals surface area contributed by atoms with Crippen LogP contribution < -0.4 is 14.8 Å². The predicted octanol–water partition coefficient (Wildman–Crippen LogP) is 3.11. The molecular weight excluding hydrogens is 276 g/mol. The van der Waals surface area contributed by atoms with Gasteiger partial charge in [-0.1, -0.05) is 0 Å². The Hall–Kier alpha value is -1.36. The van der Waals surface area contributed by atoms with Crippen molar-refractivity contribution in [2.24, 2.45) is 5.92 Å². The lowest BCUT2D eigenvalue weighted by molar-refractivity contribution is 0.0157. The zero-order valence-electron chi connectivity index (χ0n) is 12.3. The van der Waals surface area contributed by atoms with E-state index in [9.17, 15) is 8.78 Å². The van der Waals surface area contributed by atoms with E-state index in [0.717, 1.165) is 32.9 Å². The van der Waals surface area contributed by atoms with Gasteiger partial charge >= 0.3 is 0 Å². The molecule has 1 unspecified atom stereocenters. The van der Waals surface area contributed by atoms with Crippen LogP contribution >= 0.6 is 0 Å². The summed E-state index contributed by atoms with van der Waals surface area (Å²) >= 11 is 0. The molecule has 3 rings (SSSR count). The van der Waals surface area contributed by atoms with Crippen LogP contribution in [0.15, 0.2) is 12.1 Å². The number of fused-ring (bicyclic) bond motifs is 1. The average molecular weight is 297 g/mol. The van der Waals surface area contributed by atoms with Gasteiger partial charge in [0.05, 0.1) is 0 Å². The highest BCUT2D eigenvalue weighted by atomic mass is 19.3. The van der Waals surface area contributed by atoms with Gasteiger partial charge in [0.15, 0.2) is 11.5 Å². The number of nitrogens with one attached hydrogen (secondary N) is 1. The van der Waals surface area contributed by atoms with E-state index < -0.39 is 5.92 Å². The fourth-order valence-electron chi connectivity index (χ4n) is 3.12. The maximum Gasteiger partial charge on any atom is 0.270 e. The van der Waals surface area contributed by atoms with Crippen LogP contribution in [-0.4, -0.2) is 26.3 Å². The summed E-state index contributed by atoms with van der Waals surface area (Å²) in [5, 5.41) is 3.33. The molecule has 1 atom stereocenters. The highest BCUT2D eigenvalue weighted by Gasteiger charge is 2.31. The third-order valence-corrected chi connectivity index (χ3v) is 4.15. The van der Waals surface area contributed by atoms with Gasteiger partial charge in [-0.3, -0.25) is 0 Å². The van der Waals surface area contributed by atoms with Crippen molar-refractivity contribution in [1.29, 1.82) is 0 Å². The van der Waals surface area contributed by atoms with Crippen LogP contribution in [0.25, 0.3) is 0 Å². The van der Waals surface area contributed by atoms with Crippen molar-refractivity contribution in [2.75, 3.05) is 26.3 Å². The topological polar surface area (TPSA) is 30.5 Å². The Morgan fingerprint density at radius 1 is 1.24 bits per heavy atom. The monoisotopic (exact) mass is 297 g/mol. The third kappa shape index (κ3) is 3.28. The molecule has 1 aromatic rings. The molecule has 2 aliphatic heterocycles. The van der Waals surface area contributed by atoms with Crippen LogP contribution in [0.3, 0.4) is 0 Å². The first-order chi connectivity index (χ1) is 10.0. The van der Waals surface area contributed by atoms with E-state index in [1.54, 1.807) is 6.07 Å². The lowest BCUT2D eigenvalue weighted by atomic mass is 9.88. The van der Waals surface area contributed by atoms with Gasteiger partial charge < -0.3 is 14.8 Å². The van der Waals surface area contributed by atoms with Gasteiger partial charge in [-0.2, -0.15) is 0 Å². The Morgan fingerprint density at radius 3 is 2.57 bits per heavy atom. The minimum absolute atomic E-state index is 0.0670. The van der Waals surface area contributed by atoms with Gasteiger partial charge in [0.1, 0.15) is 13.2 Å². The number of benzene rings is 1. The standard InChI is InChI=1S/C16H21F2NO2/c1-16(17,18)13-9-15-14(20-5-6-21-15)8-12(13)7-11-3-2-4-19-10-11/h8-9,11,19H,2-7,10H2,1H3. The summed E-state index contributed by atoms with van der Waals surface area (Å²) in [6.07, 6.45) is 2.84. The van der Waals surface area contributed by atoms with Crippen LogP contribution in [-0.2, 0) is 12.3 Å². The molecule has 0 bridgehead atoms. The minimum atomic E-state index is -2.87. The Balaban J connectivity index is 1.92. The molecule has 1 aromatic carbocycles. The molecule has 3 nitrogen and oxygen atoms in total. The second-order valence-electron chi connectivity index (χ2n) is 5.96. The first-order valence-electron chi connectivity index (χ1n) is 7.55. The summed E-state index contributed by atoms with van der Waals surface area (Å²) in [7, 11) is 0. The second kappa shape index (κ2) is 5.79. The summed E-state index contributed by atoms with van der Waals surface area (Å²) in [5.74, 6) is -1.44. The molecule has 21 heavy (non-hydrogen) atoms. The normalized spacial score (nSPS) is 22.1. The SMILES string of the molecule is CC(F)(F)c1cc2c(cc1CC1CCCNC1)OCCO2. The van der Waals surface area contributed by atoms with Gasteiger partial charge in [-0.05, 0) is 56.0 Å². The number of ether oxygens (including phenoxy) is 2. The first-order valence-corrected chi connectivity index (χ1v) is 7.55. The largest absolute Gasteiger partial charge is 0.486 e. The molecule has 1 N–H and O–H groups in total. The summed E-state index contributed by atoms with van der Waals surface area (Å²) in [5.41, 5.74) is 0.748. The number of halogens is 2. The van der Waals surface area contributed by atoms with E-state index in [2.05, 4.69) is 5.32 Å². The molecule has 1 fully saturated rings. The molecule has 0 aliphatic carbocycles.